The van der Waals surface area contributed by atoms with Gasteiger partial charge in [-0.3, -0.25) is 10.1 Å². The molecule has 0 atom stereocenters. The number of nitrogens with zero attached hydrogens (tertiary/aromatic N) is 4. The molecular weight excluding hydrogens is 380 g/mol. The molecule has 2 aromatic heterocycles. The van der Waals surface area contributed by atoms with Crippen molar-refractivity contribution in [2.45, 2.75) is 12.8 Å². The summed E-state index contributed by atoms with van der Waals surface area (Å²) in [4.78, 5) is 24.0. The third kappa shape index (κ3) is 3.61. The Kier molecular flexibility index (Phi) is 4.84. The van der Waals surface area contributed by atoms with E-state index in [2.05, 4.69) is 25.5 Å². The molecular formula is C22H24N6O2. The maximum Gasteiger partial charge on any atom is 0.302 e. The maximum absolute atomic E-state index is 12.5. The second-order valence-electron chi connectivity index (χ2n) is 7.61. The SMILES string of the molecule is Cn1c(Nc2nc3ccccc3o2)nc2cc(C(=O)NCCN3CCCC3)ccc21. The second kappa shape index (κ2) is 7.79. The average molecular weight is 404 g/mol. The van der Waals surface area contributed by atoms with Crippen LogP contribution in [-0.4, -0.2) is 51.5 Å². The van der Waals surface area contributed by atoms with Gasteiger partial charge in [-0.2, -0.15) is 4.98 Å². The van der Waals surface area contributed by atoms with E-state index in [4.69, 9.17) is 4.42 Å². The number of aromatic nitrogens is 3. The Morgan fingerprint density at radius 2 is 1.93 bits per heavy atom. The Hall–Kier alpha value is -3.39. The van der Waals surface area contributed by atoms with Crippen LogP contribution in [0.3, 0.4) is 0 Å². The number of carbonyl (C=O) groups excluding carboxylic acids is 1. The zero-order valence-corrected chi connectivity index (χ0v) is 16.9. The number of hydrogen-bond acceptors (Lipinski definition) is 6. The van der Waals surface area contributed by atoms with E-state index in [0.29, 0.717) is 29.7 Å². The van der Waals surface area contributed by atoms with Gasteiger partial charge < -0.3 is 19.2 Å². The van der Waals surface area contributed by atoms with Crippen molar-refractivity contribution in [1.29, 1.82) is 0 Å². The van der Waals surface area contributed by atoms with Gasteiger partial charge in [0.25, 0.3) is 5.91 Å². The highest BCUT2D eigenvalue weighted by Gasteiger charge is 2.15. The van der Waals surface area contributed by atoms with Crippen LogP contribution >= 0.6 is 0 Å². The van der Waals surface area contributed by atoms with Gasteiger partial charge in [0, 0.05) is 25.7 Å². The quantitative estimate of drug-likeness (QED) is 0.513. The molecule has 0 spiro atoms. The Bertz CT molecular complexity index is 1170. The van der Waals surface area contributed by atoms with Gasteiger partial charge in [0.2, 0.25) is 5.95 Å². The summed E-state index contributed by atoms with van der Waals surface area (Å²) in [5.41, 5.74) is 3.76. The van der Waals surface area contributed by atoms with Gasteiger partial charge in [-0.1, -0.05) is 12.1 Å². The summed E-state index contributed by atoms with van der Waals surface area (Å²) < 4.78 is 7.64. The molecule has 0 aliphatic carbocycles. The van der Waals surface area contributed by atoms with Crippen molar-refractivity contribution >= 4 is 40.0 Å². The molecule has 1 amide bonds. The van der Waals surface area contributed by atoms with Gasteiger partial charge in [-0.15, -0.1) is 0 Å². The predicted molar refractivity (Wildman–Crippen MR) is 116 cm³/mol. The molecule has 1 fully saturated rings. The van der Waals surface area contributed by atoms with Gasteiger partial charge in [-0.05, 0) is 56.3 Å². The summed E-state index contributed by atoms with van der Waals surface area (Å²) >= 11 is 0. The molecule has 154 valence electrons. The van der Waals surface area contributed by atoms with Crippen LogP contribution in [0.4, 0.5) is 12.0 Å². The first-order valence-corrected chi connectivity index (χ1v) is 10.3. The molecule has 1 saturated heterocycles. The van der Waals surface area contributed by atoms with E-state index in [-0.39, 0.29) is 5.91 Å². The fourth-order valence-corrected chi connectivity index (χ4v) is 3.91. The zero-order chi connectivity index (χ0) is 20.5. The minimum absolute atomic E-state index is 0.0739. The average Bonchev–Trinajstić information content (AvgIpc) is 3.47. The minimum Gasteiger partial charge on any atom is -0.423 e. The standard InChI is InChI=1S/C22H24N6O2/c1-27-18-9-8-15(20(29)23-10-13-28-11-4-5-12-28)14-17(18)24-21(27)26-22-25-16-6-2-3-7-19(16)30-22/h2-3,6-9,14H,4-5,10-13H2,1H3,(H,23,29)(H,24,25,26). The van der Waals surface area contributed by atoms with E-state index in [1.807, 2.05) is 54.1 Å². The monoisotopic (exact) mass is 404 g/mol. The van der Waals surface area contributed by atoms with Crippen LogP contribution in [0.1, 0.15) is 23.2 Å². The summed E-state index contributed by atoms with van der Waals surface area (Å²) in [5, 5.41) is 6.14. The Balaban J connectivity index is 1.31. The fraction of sp³-hybridized carbons (Fsp3) is 0.318. The number of carbonyl (C=O) groups is 1. The largest absolute Gasteiger partial charge is 0.423 e. The Morgan fingerprint density at radius 1 is 1.10 bits per heavy atom. The smallest absolute Gasteiger partial charge is 0.302 e. The van der Waals surface area contributed by atoms with Crippen molar-refractivity contribution in [1.82, 2.24) is 24.8 Å². The number of fused-ring (bicyclic) bond motifs is 2. The number of oxazole rings is 1. The third-order valence-corrected chi connectivity index (χ3v) is 5.57. The highest BCUT2D eigenvalue weighted by molar-refractivity contribution is 5.97. The van der Waals surface area contributed by atoms with E-state index < -0.39 is 0 Å². The summed E-state index contributed by atoms with van der Waals surface area (Å²) in [6, 6.07) is 13.5. The Labute approximate surface area is 173 Å². The van der Waals surface area contributed by atoms with Crippen LogP contribution in [0.5, 0.6) is 0 Å². The van der Waals surface area contributed by atoms with Gasteiger partial charge >= 0.3 is 6.01 Å². The molecule has 3 heterocycles. The van der Waals surface area contributed by atoms with Gasteiger partial charge in [0.1, 0.15) is 5.52 Å². The molecule has 1 aliphatic rings. The molecule has 8 nitrogen and oxygen atoms in total. The molecule has 8 heteroatoms. The lowest BCUT2D eigenvalue weighted by Crippen LogP contribution is -2.33. The number of nitrogens with one attached hydrogen (secondary N) is 2. The summed E-state index contributed by atoms with van der Waals surface area (Å²) in [6.45, 7) is 3.82. The van der Waals surface area contributed by atoms with E-state index in [1.165, 1.54) is 12.8 Å². The van der Waals surface area contributed by atoms with Crippen LogP contribution < -0.4 is 10.6 Å². The number of hydrogen-bond donors (Lipinski definition) is 2. The highest BCUT2D eigenvalue weighted by Crippen LogP contribution is 2.24. The molecule has 30 heavy (non-hydrogen) atoms. The molecule has 0 bridgehead atoms. The number of benzene rings is 2. The van der Waals surface area contributed by atoms with Crippen molar-refractivity contribution in [3.05, 3.63) is 48.0 Å². The lowest BCUT2D eigenvalue weighted by molar-refractivity contribution is 0.0950. The normalized spacial score (nSPS) is 14.6. The van der Waals surface area contributed by atoms with Crippen molar-refractivity contribution in [3.8, 4) is 0 Å². The van der Waals surface area contributed by atoms with Crippen molar-refractivity contribution in [3.63, 3.8) is 0 Å². The van der Waals surface area contributed by atoms with E-state index in [9.17, 15) is 4.79 Å². The predicted octanol–water partition coefficient (Wildman–Crippen LogP) is 3.28. The maximum atomic E-state index is 12.5. The minimum atomic E-state index is -0.0739. The number of rotatable bonds is 6. The number of imidazole rings is 1. The molecule has 4 aromatic rings. The van der Waals surface area contributed by atoms with Crippen molar-refractivity contribution < 1.29 is 9.21 Å². The third-order valence-electron chi connectivity index (χ3n) is 5.57. The number of amides is 1. The first kappa shape index (κ1) is 18.6. The van der Waals surface area contributed by atoms with Gasteiger partial charge in [0.05, 0.1) is 11.0 Å². The van der Waals surface area contributed by atoms with E-state index in [1.54, 1.807) is 0 Å². The first-order valence-electron chi connectivity index (χ1n) is 10.3. The van der Waals surface area contributed by atoms with E-state index >= 15 is 0 Å². The number of para-hydroxylation sites is 2. The number of anilines is 2. The highest BCUT2D eigenvalue weighted by atomic mass is 16.4. The molecule has 1 aliphatic heterocycles. The Morgan fingerprint density at radius 3 is 2.77 bits per heavy atom. The molecule has 0 saturated carbocycles. The fourth-order valence-electron chi connectivity index (χ4n) is 3.91. The molecule has 2 N–H and O–H groups in total. The topological polar surface area (TPSA) is 88.2 Å². The molecule has 0 unspecified atom stereocenters. The zero-order valence-electron chi connectivity index (χ0n) is 16.9. The van der Waals surface area contributed by atoms with Crippen LogP contribution in [0, 0.1) is 0 Å². The lowest BCUT2D eigenvalue weighted by atomic mass is 10.2. The van der Waals surface area contributed by atoms with E-state index in [0.717, 1.165) is 36.2 Å². The summed E-state index contributed by atoms with van der Waals surface area (Å²) in [7, 11) is 1.91. The van der Waals surface area contributed by atoms with Gasteiger partial charge in [0.15, 0.2) is 5.58 Å². The molecule has 2 aromatic carbocycles. The summed E-state index contributed by atoms with van der Waals surface area (Å²) in [6.07, 6.45) is 2.51. The molecule has 5 rings (SSSR count). The van der Waals surface area contributed by atoms with Crippen LogP contribution in [0.15, 0.2) is 46.9 Å². The lowest BCUT2D eigenvalue weighted by Gasteiger charge is -2.14. The summed E-state index contributed by atoms with van der Waals surface area (Å²) in [5.74, 6) is 0.526. The second-order valence-corrected chi connectivity index (χ2v) is 7.61. The van der Waals surface area contributed by atoms with Crippen molar-refractivity contribution in [2.75, 3.05) is 31.5 Å². The van der Waals surface area contributed by atoms with Crippen LogP contribution in [0.25, 0.3) is 22.1 Å². The van der Waals surface area contributed by atoms with Gasteiger partial charge in [-0.25, -0.2) is 4.98 Å². The van der Waals surface area contributed by atoms with Crippen LogP contribution in [0.2, 0.25) is 0 Å². The first-order chi connectivity index (χ1) is 14.7. The van der Waals surface area contributed by atoms with Crippen LogP contribution in [-0.2, 0) is 7.05 Å². The van der Waals surface area contributed by atoms with Crippen molar-refractivity contribution in [2.24, 2.45) is 7.05 Å². The number of likely N-dealkylation sites (tertiary alicyclic amines) is 1. The number of aryl methyl sites for hydroxylation is 1. The molecule has 0 radical (unpaired) electrons.